The molecular weight excluding hydrogens is 268 g/mol. The minimum atomic E-state index is -0.268. The fourth-order valence-electron chi connectivity index (χ4n) is 2.23. The van der Waals surface area contributed by atoms with Gasteiger partial charge in [0.15, 0.2) is 0 Å². The van der Waals surface area contributed by atoms with Crippen LogP contribution in [-0.4, -0.2) is 29.1 Å². The summed E-state index contributed by atoms with van der Waals surface area (Å²) in [5.41, 5.74) is 4.40. The molecule has 1 heterocycles. The smallest absolute Gasteiger partial charge is 0.310 e. The van der Waals surface area contributed by atoms with Gasteiger partial charge in [-0.1, -0.05) is 24.3 Å². The number of hydrogen-bond acceptors (Lipinski definition) is 4. The Labute approximate surface area is 123 Å². The Morgan fingerprint density at radius 1 is 1.29 bits per heavy atom. The summed E-state index contributed by atoms with van der Waals surface area (Å²) >= 11 is 0. The number of carbonyl (C=O) groups is 2. The van der Waals surface area contributed by atoms with Gasteiger partial charge in [-0.2, -0.15) is 5.10 Å². The lowest BCUT2D eigenvalue weighted by Gasteiger charge is -2.06. The molecule has 0 aliphatic carbocycles. The lowest BCUT2D eigenvalue weighted by atomic mass is 10.1. The van der Waals surface area contributed by atoms with Crippen LogP contribution >= 0.6 is 0 Å². The first-order chi connectivity index (χ1) is 10.0. The van der Waals surface area contributed by atoms with Crippen LogP contribution in [0.2, 0.25) is 0 Å². The van der Waals surface area contributed by atoms with Crippen molar-refractivity contribution in [3.8, 4) is 0 Å². The van der Waals surface area contributed by atoms with Crippen LogP contribution in [0.1, 0.15) is 32.9 Å². The number of benzene rings is 1. The molecule has 1 aromatic carbocycles. The van der Waals surface area contributed by atoms with E-state index in [4.69, 9.17) is 4.74 Å². The maximum atomic E-state index is 11.4. The number of aromatic nitrogens is 2. The molecule has 0 fully saturated rings. The van der Waals surface area contributed by atoms with E-state index in [9.17, 15) is 9.59 Å². The molecule has 5 heteroatoms. The molecule has 21 heavy (non-hydrogen) atoms. The summed E-state index contributed by atoms with van der Waals surface area (Å²) in [7, 11) is 1.38. The minimum absolute atomic E-state index is 0.234. The lowest BCUT2D eigenvalue weighted by molar-refractivity contribution is -0.139. The van der Waals surface area contributed by atoms with E-state index in [1.54, 1.807) is 12.1 Å². The summed E-state index contributed by atoms with van der Waals surface area (Å²) in [5.74, 6) is -0.268. The molecule has 2 aromatic rings. The average Bonchev–Trinajstić information content (AvgIpc) is 2.75. The third kappa shape index (κ3) is 3.37. The van der Waals surface area contributed by atoms with Gasteiger partial charge in [0.25, 0.3) is 0 Å². The summed E-state index contributed by atoms with van der Waals surface area (Å²) in [6.07, 6.45) is 1.06. The van der Waals surface area contributed by atoms with Crippen LogP contribution in [-0.2, 0) is 22.5 Å². The van der Waals surface area contributed by atoms with Gasteiger partial charge in [-0.25, -0.2) is 0 Å². The molecule has 0 aliphatic rings. The highest BCUT2D eigenvalue weighted by Crippen LogP contribution is 2.16. The van der Waals surface area contributed by atoms with Crippen LogP contribution in [0.15, 0.2) is 24.3 Å². The van der Waals surface area contributed by atoms with Crippen molar-refractivity contribution >= 4 is 12.3 Å². The standard InChI is InChI=1S/C16H18N2O3/c1-11-15(8-16(20)21-3)12(2)18(17-11)9-13-4-6-14(10-19)7-5-13/h4-7,10H,8-9H2,1-3H3. The van der Waals surface area contributed by atoms with Gasteiger partial charge in [-0.15, -0.1) is 0 Å². The molecule has 0 saturated heterocycles. The van der Waals surface area contributed by atoms with E-state index >= 15 is 0 Å². The van der Waals surface area contributed by atoms with Crippen LogP contribution < -0.4 is 0 Å². The molecule has 5 nitrogen and oxygen atoms in total. The van der Waals surface area contributed by atoms with Gasteiger partial charge in [0.05, 0.1) is 25.8 Å². The number of nitrogens with zero attached hydrogens (tertiary/aromatic N) is 2. The molecular formula is C16H18N2O3. The second kappa shape index (κ2) is 6.35. The van der Waals surface area contributed by atoms with Crippen molar-refractivity contribution in [3.05, 3.63) is 52.3 Å². The summed E-state index contributed by atoms with van der Waals surface area (Å²) in [6, 6.07) is 7.37. The van der Waals surface area contributed by atoms with Gasteiger partial charge < -0.3 is 4.74 Å². The predicted molar refractivity (Wildman–Crippen MR) is 78.4 cm³/mol. The fourth-order valence-corrected chi connectivity index (χ4v) is 2.23. The number of rotatable bonds is 5. The maximum Gasteiger partial charge on any atom is 0.310 e. The monoisotopic (exact) mass is 286 g/mol. The van der Waals surface area contributed by atoms with Crippen LogP contribution in [0, 0.1) is 13.8 Å². The summed E-state index contributed by atoms with van der Waals surface area (Å²) < 4.78 is 6.57. The van der Waals surface area contributed by atoms with Crippen LogP contribution in [0.25, 0.3) is 0 Å². The van der Waals surface area contributed by atoms with Crippen LogP contribution in [0.3, 0.4) is 0 Å². The normalized spacial score (nSPS) is 10.4. The lowest BCUT2D eigenvalue weighted by Crippen LogP contribution is -2.07. The van der Waals surface area contributed by atoms with Gasteiger partial charge in [-0.05, 0) is 19.4 Å². The quantitative estimate of drug-likeness (QED) is 0.623. The van der Waals surface area contributed by atoms with Crippen molar-refractivity contribution in [2.24, 2.45) is 0 Å². The number of esters is 1. The van der Waals surface area contributed by atoms with Gasteiger partial charge in [0.1, 0.15) is 6.29 Å². The number of aryl methyl sites for hydroxylation is 1. The Morgan fingerprint density at radius 2 is 1.95 bits per heavy atom. The summed E-state index contributed by atoms with van der Waals surface area (Å²) in [5, 5.41) is 4.47. The van der Waals surface area contributed by atoms with Crippen molar-refractivity contribution in [2.75, 3.05) is 7.11 Å². The van der Waals surface area contributed by atoms with Crippen molar-refractivity contribution in [3.63, 3.8) is 0 Å². The molecule has 2 rings (SSSR count). The third-order valence-electron chi connectivity index (χ3n) is 3.53. The SMILES string of the molecule is COC(=O)Cc1c(C)nn(Cc2ccc(C=O)cc2)c1C. The third-order valence-corrected chi connectivity index (χ3v) is 3.53. The number of hydrogen-bond donors (Lipinski definition) is 0. The second-order valence-electron chi connectivity index (χ2n) is 4.92. The van der Waals surface area contributed by atoms with E-state index in [0.717, 1.165) is 28.8 Å². The summed E-state index contributed by atoms with van der Waals surface area (Å²) in [6.45, 7) is 4.43. The Balaban J connectivity index is 2.22. The minimum Gasteiger partial charge on any atom is -0.469 e. The highest BCUT2D eigenvalue weighted by Gasteiger charge is 2.15. The van der Waals surface area contributed by atoms with E-state index in [-0.39, 0.29) is 12.4 Å². The van der Waals surface area contributed by atoms with Crippen molar-refractivity contribution < 1.29 is 14.3 Å². The van der Waals surface area contributed by atoms with Crippen LogP contribution in [0.5, 0.6) is 0 Å². The van der Waals surface area contributed by atoms with Crippen LogP contribution in [0.4, 0.5) is 0 Å². The van der Waals surface area contributed by atoms with Crippen molar-refractivity contribution in [1.82, 2.24) is 9.78 Å². The first-order valence-electron chi connectivity index (χ1n) is 6.69. The molecule has 0 saturated carbocycles. The van der Waals surface area contributed by atoms with Crippen molar-refractivity contribution in [2.45, 2.75) is 26.8 Å². The molecule has 110 valence electrons. The first kappa shape index (κ1) is 15.0. The molecule has 0 bridgehead atoms. The van der Waals surface area contributed by atoms with E-state index < -0.39 is 0 Å². The molecule has 0 amide bonds. The average molecular weight is 286 g/mol. The Hall–Kier alpha value is -2.43. The number of aldehydes is 1. The molecule has 0 spiro atoms. The van der Waals surface area contributed by atoms with Crippen molar-refractivity contribution in [1.29, 1.82) is 0 Å². The van der Waals surface area contributed by atoms with Gasteiger partial charge in [0, 0.05) is 16.8 Å². The topological polar surface area (TPSA) is 61.2 Å². The van der Waals surface area contributed by atoms with Gasteiger partial charge in [0.2, 0.25) is 0 Å². The highest BCUT2D eigenvalue weighted by atomic mass is 16.5. The number of carbonyl (C=O) groups excluding carboxylic acids is 2. The highest BCUT2D eigenvalue weighted by molar-refractivity contribution is 5.74. The molecule has 0 N–H and O–H groups in total. The molecule has 0 atom stereocenters. The molecule has 0 radical (unpaired) electrons. The first-order valence-corrected chi connectivity index (χ1v) is 6.69. The van der Waals surface area contributed by atoms with E-state index in [1.807, 2.05) is 30.7 Å². The van der Waals surface area contributed by atoms with Gasteiger partial charge >= 0.3 is 5.97 Å². The summed E-state index contributed by atoms with van der Waals surface area (Å²) in [4.78, 5) is 22.1. The molecule has 0 unspecified atom stereocenters. The fraction of sp³-hybridized carbons (Fsp3) is 0.312. The zero-order valence-electron chi connectivity index (χ0n) is 12.4. The van der Waals surface area contributed by atoms with E-state index in [2.05, 4.69) is 5.10 Å². The molecule has 1 aromatic heterocycles. The van der Waals surface area contributed by atoms with E-state index in [1.165, 1.54) is 7.11 Å². The zero-order chi connectivity index (χ0) is 15.4. The maximum absolute atomic E-state index is 11.4. The molecule has 0 aliphatic heterocycles. The zero-order valence-corrected chi connectivity index (χ0v) is 12.4. The number of ether oxygens (including phenoxy) is 1. The number of methoxy groups -OCH3 is 1. The largest absolute Gasteiger partial charge is 0.469 e. The Kier molecular flexibility index (Phi) is 4.52. The van der Waals surface area contributed by atoms with E-state index in [0.29, 0.717) is 12.1 Å². The predicted octanol–water partition coefficient (Wildman–Crippen LogP) is 2.08. The van der Waals surface area contributed by atoms with Gasteiger partial charge in [-0.3, -0.25) is 14.3 Å². The second-order valence-corrected chi connectivity index (χ2v) is 4.92. The Morgan fingerprint density at radius 3 is 2.52 bits per heavy atom. The Bertz CT molecular complexity index is 657.